The highest BCUT2D eigenvalue weighted by Gasteiger charge is 2.37. The largest absolute Gasteiger partial charge is 0.495 e. The number of hydrogen-bond acceptors (Lipinski definition) is 5. The fourth-order valence-corrected chi connectivity index (χ4v) is 2.73. The fourth-order valence-electron chi connectivity index (χ4n) is 2.45. The Morgan fingerprint density at radius 3 is 2.39 bits per heavy atom. The molecule has 0 aromatic heterocycles. The van der Waals surface area contributed by atoms with E-state index in [0.29, 0.717) is 10.8 Å². The van der Waals surface area contributed by atoms with Gasteiger partial charge in [0.1, 0.15) is 11.8 Å². The van der Waals surface area contributed by atoms with E-state index in [1.807, 2.05) is 0 Å². The molecular formula is C20H27ClN2O5. The summed E-state index contributed by atoms with van der Waals surface area (Å²) in [4.78, 5) is 36.6. The lowest BCUT2D eigenvalue weighted by Crippen LogP contribution is -2.54. The first-order chi connectivity index (χ1) is 13.1. The summed E-state index contributed by atoms with van der Waals surface area (Å²) in [7, 11) is 2.80. The molecule has 2 N–H and O–H groups in total. The molecule has 7 nitrogen and oxygen atoms in total. The van der Waals surface area contributed by atoms with Crippen LogP contribution in [0.1, 0.15) is 26.3 Å². The van der Waals surface area contributed by atoms with Crippen molar-refractivity contribution in [3.63, 3.8) is 0 Å². The maximum absolute atomic E-state index is 12.8. The summed E-state index contributed by atoms with van der Waals surface area (Å²) in [5.74, 6) is -0.866. The van der Waals surface area contributed by atoms with Crippen LogP contribution in [0.25, 0.3) is 0 Å². The molecular weight excluding hydrogens is 384 g/mol. The third-order valence-electron chi connectivity index (χ3n) is 4.63. The first-order valence-corrected chi connectivity index (χ1v) is 9.08. The van der Waals surface area contributed by atoms with Gasteiger partial charge in [-0.05, 0) is 44.5 Å². The van der Waals surface area contributed by atoms with Crippen LogP contribution in [0.3, 0.4) is 0 Å². The van der Waals surface area contributed by atoms with Gasteiger partial charge < -0.3 is 20.1 Å². The van der Waals surface area contributed by atoms with Gasteiger partial charge in [-0.2, -0.15) is 0 Å². The lowest BCUT2D eigenvalue weighted by molar-refractivity contribution is -0.152. The normalized spacial score (nSPS) is 13.1. The Balaban J connectivity index is 3.01. The minimum absolute atomic E-state index is 0.195. The summed E-state index contributed by atoms with van der Waals surface area (Å²) < 4.78 is 9.91. The van der Waals surface area contributed by atoms with Crippen LogP contribution in [0.5, 0.6) is 5.75 Å². The van der Waals surface area contributed by atoms with Crippen LogP contribution in [-0.4, -0.2) is 44.1 Å². The third-order valence-corrected chi connectivity index (χ3v) is 4.92. The van der Waals surface area contributed by atoms with E-state index in [2.05, 4.69) is 17.2 Å². The molecule has 0 fully saturated rings. The van der Waals surface area contributed by atoms with Crippen molar-refractivity contribution in [2.75, 3.05) is 14.2 Å². The lowest BCUT2D eigenvalue weighted by atomic mass is 9.85. The van der Waals surface area contributed by atoms with E-state index >= 15 is 0 Å². The van der Waals surface area contributed by atoms with Crippen molar-refractivity contribution in [2.45, 2.75) is 39.3 Å². The molecule has 0 heterocycles. The smallest absolute Gasteiger partial charge is 0.313 e. The van der Waals surface area contributed by atoms with Gasteiger partial charge >= 0.3 is 5.97 Å². The van der Waals surface area contributed by atoms with Gasteiger partial charge in [0.25, 0.3) is 0 Å². The third kappa shape index (κ3) is 5.99. The molecule has 1 aromatic carbocycles. The lowest BCUT2D eigenvalue weighted by Gasteiger charge is -2.31. The SMILES string of the molecule is C=CC(=O)NC(Cc1ccc(OC)c(Cl)c1)C(=O)NC(C)C(C)(C)C(=O)OC. The number of nitrogens with one attached hydrogen (secondary N) is 2. The molecule has 0 spiro atoms. The maximum Gasteiger partial charge on any atom is 0.313 e. The van der Waals surface area contributed by atoms with Gasteiger partial charge in [0.15, 0.2) is 0 Å². The van der Waals surface area contributed by atoms with Crippen molar-refractivity contribution in [3.05, 3.63) is 41.4 Å². The summed E-state index contributed by atoms with van der Waals surface area (Å²) in [5, 5.41) is 5.78. The van der Waals surface area contributed by atoms with Crippen molar-refractivity contribution in [3.8, 4) is 5.75 Å². The topological polar surface area (TPSA) is 93.7 Å². The molecule has 28 heavy (non-hydrogen) atoms. The highest BCUT2D eigenvalue weighted by atomic mass is 35.5. The van der Waals surface area contributed by atoms with Crippen molar-refractivity contribution in [1.29, 1.82) is 0 Å². The number of carbonyl (C=O) groups is 3. The minimum Gasteiger partial charge on any atom is -0.495 e. The average molecular weight is 411 g/mol. The molecule has 1 rings (SSSR count). The van der Waals surface area contributed by atoms with Crippen LogP contribution in [-0.2, 0) is 25.5 Å². The number of rotatable bonds is 9. The van der Waals surface area contributed by atoms with E-state index in [-0.39, 0.29) is 6.42 Å². The number of methoxy groups -OCH3 is 2. The van der Waals surface area contributed by atoms with Crippen molar-refractivity contribution < 1.29 is 23.9 Å². The number of carbonyl (C=O) groups excluding carboxylic acids is 3. The molecule has 1 aromatic rings. The second-order valence-electron chi connectivity index (χ2n) is 6.88. The van der Waals surface area contributed by atoms with Gasteiger partial charge in [-0.3, -0.25) is 14.4 Å². The molecule has 0 aliphatic rings. The number of amides is 2. The summed E-state index contributed by atoms with van der Waals surface area (Å²) in [6.45, 7) is 8.45. The van der Waals surface area contributed by atoms with Crippen LogP contribution < -0.4 is 15.4 Å². The number of benzene rings is 1. The number of ether oxygens (including phenoxy) is 2. The summed E-state index contributed by atoms with van der Waals surface area (Å²) >= 11 is 6.14. The zero-order valence-electron chi connectivity index (χ0n) is 16.8. The fraction of sp³-hybridized carbons (Fsp3) is 0.450. The number of hydrogen-bond donors (Lipinski definition) is 2. The first-order valence-electron chi connectivity index (χ1n) is 8.70. The van der Waals surface area contributed by atoms with Gasteiger partial charge in [-0.15, -0.1) is 0 Å². The van der Waals surface area contributed by atoms with Crippen molar-refractivity contribution >= 4 is 29.4 Å². The molecule has 8 heteroatoms. The molecule has 0 saturated carbocycles. The molecule has 0 aliphatic carbocycles. The van der Waals surface area contributed by atoms with Crippen LogP contribution in [0.2, 0.25) is 5.02 Å². The zero-order valence-corrected chi connectivity index (χ0v) is 17.6. The second-order valence-corrected chi connectivity index (χ2v) is 7.29. The summed E-state index contributed by atoms with van der Waals surface area (Å²) in [6.07, 6.45) is 1.28. The van der Waals surface area contributed by atoms with Gasteiger partial charge in [-0.1, -0.05) is 24.2 Å². The van der Waals surface area contributed by atoms with E-state index in [4.69, 9.17) is 21.1 Å². The molecule has 0 radical (unpaired) electrons. The van der Waals surface area contributed by atoms with Gasteiger partial charge in [-0.25, -0.2) is 0 Å². The van der Waals surface area contributed by atoms with E-state index in [1.54, 1.807) is 39.0 Å². The van der Waals surface area contributed by atoms with Crippen LogP contribution in [0.4, 0.5) is 0 Å². The standard InChI is InChI=1S/C20H27ClN2O5/c1-7-17(24)23-15(11-13-8-9-16(27-5)14(21)10-13)18(25)22-12(2)20(3,4)19(26)28-6/h7-10,12,15H,1,11H2,2-6H3,(H,22,25)(H,23,24). The van der Waals surface area contributed by atoms with E-state index in [1.165, 1.54) is 14.2 Å². The van der Waals surface area contributed by atoms with E-state index in [9.17, 15) is 14.4 Å². The highest BCUT2D eigenvalue weighted by Crippen LogP contribution is 2.26. The maximum atomic E-state index is 12.8. The molecule has 2 atom stereocenters. The van der Waals surface area contributed by atoms with E-state index < -0.39 is 35.3 Å². The Morgan fingerprint density at radius 1 is 1.25 bits per heavy atom. The van der Waals surface area contributed by atoms with Crippen molar-refractivity contribution in [2.24, 2.45) is 5.41 Å². The van der Waals surface area contributed by atoms with E-state index in [0.717, 1.165) is 11.6 Å². The molecule has 2 unspecified atom stereocenters. The second kappa shape index (κ2) is 10.1. The predicted octanol–water partition coefficient (Wildman–Crippen LogP) is 2.27. The minimum atomic E-state index is -0.944. The number of halogens is 1. The van der Waals surface area contributed by atoms with Gasteiger partial charge in [0.05, 0.1) is 24.7 Å². The Labute approximate surface area is 170 Å². The Kier molecular flexibility index (Phi) is 8.50. The summed E-state index contributed by atoms with van der Waals surface area (Å²) in [5.41, 5.74) is -0.212. The zero-order chi connectivity index (χ0) is 21.5. The molecule has 154 valence electrons. The Bertz CT molecular complexity index is 748. The van der Waals surface area contributed by atoms with Crippen LogP contribution in [0.15, 0.2) is 30.9 Å². The van der Waals surface area contributed by atoms with Gasteiger partial charge in [0, 0.05) is 12.5 Å². The average Bonchev–Trinajstić information content (AvgIpc) is 2.66. The van der Waals surface area contributed by atoms with Crippen LogP contribution >= 0.6 is 11.6 Å². The first kappa shape index (κ1) is 23.5. The monoisotopic (exact) mass is 410 g/mol. The van der Waals surface area contributed by atoms with Gasteiger partial charge in [0.2, 0.25) is 11.8 Å². The molecule has 2 amide bonds. The Hall–Kier alpha value is -2.54. The Morgan fingerprint density at radius 2 is 1.89 bits per heavy atom. The molecule has 0 saturated heterocycles. The summed E-state index contributed by atoms with van der Waals surface area (Å²) in [6, 6.07) is 3.70. The molecule has 0 bridgehead atoms. The predicted molar refractivity (Wildman–Crippen MR) is 107 cm³/mol. The number of esters is 1. The quantitative estimate of drug-likeness (QED) is 0.481. The van der Waals surface area contributed by atoms with Crippen LogP contribution in [0, 0.1) is 5.41 Å². The molecule has 0 aliphatic heterocycles. The van der Waals surface area contributed by atoms with Crippen molar-refractivity contribution in [1.82, 2.24) is 10.6 Å². The highest BCUT2D eigenvalue weighted by molar-refractivity contribution is 6.32.